The smallest absolute Gasteiger partial charge is 0.264 e. The molecule has 2 aromatic carbocycles. The third kappa shape index (κ3) is 3.34. The molecule has 1 N–H and O–H groups in total. The average Bonchev–Trinajstić information content (AvgIpc) is 3.09. The van der Waals surface area contributed by atoms with Crippen LogP contribution < -0.4 is 4.72 Å². The molecule has 2 aromatic heterocycles. The zero-order chi connectivity index (χ0) is 19.9. The maximum Gasteiger partial charge on any atom is 0.264 e. The molecule has 0 saturated carbocycles. The van der Waals surface area contributed by atoms with Crippen LogP contribution in [0, 0.1) is 18.6 Å². The summed E-state index contributed by atoms with van der Waals surface area (Å²) in [6.07, 6.45) is 3.71. The predicted molar refractivity (Wildman–Crippen MR) is 103 cm³/mol. The fourth-order valence-electron chi connectivity index (χ4n) is 2.93. The van der Waals surface area contributed by atoms with Crippen molar-refractivity contribution in [1.82, 2.24) is 9.38 Å². The standard InChI is InChI=1S/C20H15F2N3O2S/c1-13-4-3-9-25-12-18(23-20(13)25)14-5-2-6-16(10-14)24-28(26,27)19-11-15(21)7-8-17(19)22/h2-12,24H,1H3. The molecule has 0 aliphatic carbocycles. The van der Waals surface area contributed by atoms with Crippen molar-refractivity contribution in [2.24, 2.45) is 0 Å². The number of halogens is 2. The predicted octanol–water partition coefficient (Wildman–Crippen LogP) is 4.39. The van der Waals surface area contributed by atoms with E-state index in [9.17, 15) is 17.2 Å². The Morgan fingerprint density at radius 1 is 1.04 bits per heavy atom. The highest BCUT2D eigenvalue weighted by atomic mass is 32.2. The van der Waals surface area contributed by atoms with Crippen molar-refractivity contribution in [3.05, 3.63) is 84.2 Å². The average molecular weight is 399 g/mol. The van der Waals surface area contributed by atoms with Crippen molar-refractivity contribution in [3.63, 3.8) is 0 Å². The first-order chi connectivity index (χ1) is 13.3. The molecule has 4 aromatic rings. The molecule has 28 heavy (non-hydrogen) atoms. The molecular formula is C20H15F2N3O2S. The van der Waals surface area contributed by atoms with E-state index in [-0.39, 0.29) is 5.69 Å². The van der Waals surface area contributed by atoms with E-state index in [0.29, 0.717) is 17.3 Å². The van der Waals surface area contributed by atoms with Gasteiger partial charge in [0, 0.05) is 23.6 Å². The lowest BCUT2D eigenvalue weighted by molar-refractivity contribution is 0.555. The molecule has 0 aliphatic heterocycles. The Morgan fingerprint density at radius 2 is 1.86 bits per heavy atom. The van der Waals surface area contributed by atoms with Crippen molar-refractivity contribution in [1.29, 1.82) is 0 Å². The summed E-state index contributed by atoms with van der Waals surface area (Å²) in [5.41, 5.74) is 3.36. The van der Waals surface area contributed by atoms with Crippen LogP contribution in [0.25, 0.3) is 16.9 Å². The third-order valence-corrected chi connectivity index (χ3v) is 5.67. The van der Waals surface area contributed by atoms with E-state index in [4.69, 9.17) is 0 Å². The van der Waals surface area contributed by atoms with Crippen molar-refractivity contribution in [2.45, 2.75) is 11.8 Å². The van der Waals surface area contributed by atoms with Gasteiger partial charge in [0.15, 0.2) is 0 Å². The lowest BCUT2D eigenvalue weighted by Gasteiger charge is -2.10. The Balaban J connectivity index is 1.70. The molecule has 0 amide bonds. The highest BCUT2D eigenvalue weighted by Crippen LogP contribution is 2.25. The van der Waals surface area contributed by atoms with E-state index in [0.717, 1.165) is 23.3 Å². The summed E-state index contributed by atoms with van der Waals surface area (Å²) >= 11 is 0. The number of imidazole rings is 1. The number of hydrogen-bond acceptors (Lipinski definition) is 3. The molecule has 0 saturated heterocycles. The number of benzene rings is 2. The quantitative estimate of drug-likeness (QED) is 0.554. The number of rotatable bonds is 4. The van der Waals surface area contributed by atoms with Gasteiger partial charge in [-0.2, -0.15) is 0 Å². The Kier molecular flexibility index (Phi) is 4.35. The molecule has 0 fully saturated rings. The van der Waals surface area contributed by atoms with Gasteiger partial charge in [-0.3, -0.25) is 4.72 Å². The molecule has 0 aliphatic rings. The minimum atomic E-state index is -4.29. The molecule has 0 bridgehead atoms. The number of nitrogens with one attached hydrogen (secondary N) is 1. The van der Waals surface area contributed by atoms with Crippen molar-refractivity contribution in [3.8, 4) is 11.3 Å². The molecule has 0 spiro atoms. The van der Waals surface area contributed by atoms with Gasteiger partial charge in [-0.1, -0.05) is 18.2 Å². The van der Waals surface area contributed by atoms with Gasteiger partial charge >= 0.3 is 0 Å². The molecule has 5 nitrogen and oxygen atoms in total. The first kappa shape index (κ1) is 18.1. The summed E-state index contributed by atoms with van der Waals surface area (Å²) in [7, 11) is -4.29. The van der Waals surface area contributed by atoms with Crippen molar-refractivity contribution >= 4 is 21.4 Å². The highest BCUT2D eigenvalue weighted by Gasteiger charge is 2.20. The van der Waals surface area contributed by atoms with E-state index in [2.05, 4.69) is 9.71 Å². The molecule has 0 unspecified atom stereocenters. The molecule has 142 valence electrons. The summed E-state index contributed by atoms with van der Waals surface area (Å²) in [6.45, 7) is 1.95. The first-order valence-electron chi connectivity index (χ1n) is 8.36. The van der Waals surface area contributed by atoms with Crippen LogP contribution in [0.3, 0.4) is 0 Å². The maximum atomic E-state index is 13.9. The van der Waals surface area contributed by atoms with Gasteiger partial charge in [0.05, 0.1) is 5.69 Å². The second kappa shape index (κ2) is 6.72. The summed E-state index contributed by atoms with van der Waals surface area (Å²) in [6, 6.07) is 12.7. The minimum absolute atomic E-state index is 0.218. The van der Waals surface area contributed by atoms with Gasteiger partial charge in [-0.15, -0.1) is 0 Å². The van der Waals surface area contributed by atoms with E-state index >= 15 is 0 Å². The number of fused-ring (bicyclic) bond motifs is 1. The van der Waals surface area contributed by atoms with Gasteiger partial charge < -0.3 is 4.40 Å². The Hall–Kier alpha value is -3.26. The van der Waals surface area contributed by atoms with Crippen LogP contribution in [-0.4, -0.2) is 17.8 Å². The first-order valence-corrected chi connectivity index (χ1v) is 9.84. The maximum absolute atomic E-state index is 13.9. The number of sulfonamides is 1. The molecule has 8 heteroatoms. The van der Waals surface area contributed by atoms with Gasteiger partial charge in [0.2, 0.25) is 0 Å². The van der Waals surface area contributed by atoms with E-state index in [1.54, 1.807) is 18.2 Å². The molecule has 2 heterocycles. The second-order valence-electron chi connectivity index (χ2n) is 6.31. The number of aromatic nitrogens is 2. The summed E-state index contributed by atoms with van der Waals surface area (Å²) < 4.78 is 56.3. The van der Waals surface area contributed by atoms with Gasteiger partial charge in [0.1, 0.15) is 22.2 Å². The number of nitrogens with zero attached hydrogens (tertiary/aromatic N) is 2. The highest BCUT2D eigenvalue weighted by molar-refractivity contribution is 7.92. The molecular weight excluding hydrogens is 384 g/mol. The van der Waals surface area contributed by atoms with Crippen molar-refractivity contribution < 1.29 is 17.2 Å². The summed E-state index contributed by atoms with van der Waals surface area (Å²) in [4.78, 5) is 3.83. The lowest BCUT2D eigenvalue weighted by atomic mass is 10.1. The van der Waals surface area contributed by atoms with E-state index in [1.165, 1.54) is 6.07 Å². The zero-order valence-electron chi connectivity index (χ0n) is 14.7. The van der Waals surface area contributed by atoms with Crippen LogP contribution in [-0.2, 0) is 10.0 Å². The van der Waals surface area contributed by atoms with Crippen LogP contribution in [0.1, 0.15) is 5.56 Å². The number of anilines is 1. The normalized spacial score (nSPS) is 11.7. The van der Waals surface area contributed by atoms with E-state index < -0.39 is 26.6 Å². The number of pyridine rings is 1. The molecule has 0 radical (unpaired) electrons. The largest absolute Gasteiger partial charge is 0.306 e. The Morgan fingerprint density at radius 3 is 2.64 bits per heavy atom. The molecule has 0 atom stereocenters. The van der Waals surface area contributed by atoms with Crippen LogP contribution in [0.4, 0.5) is 14.5 Å². The van der Waals surface area contributed by atoms with Crippen LogP contribution in [0.2, 0.25) is 0 Å². The van der Waals surface area contributed by atoms with Crippen molar-refractivity contribution in [2.75, 3.05) is 4.72 Å². The number of hydrogen-bond donors (Lipinski definition) is 1. The number of aryl methyl sites for hydroxylation is 1. The third-order valence-electron chi connectivity index (χ3n) is 4.27. The topological polar surface area (TPSA) is 63.5 Å². The second-order valence-corrected chi connectivity index (χ2v) is 7.96. The summed E-state index contributed by atoms with van der Waals surface area (Å²) in [5.74, 6) is -1.86. The van der Waals surface area contributed by atoms with Gasteiger partial charge in [-0.25, -0.2) is 22.2 Å². The Labute approximate surface area is 160 Å². The minimum Gasteiger partial charge on any atom is -0.306 e. The zero-order valence-corrected chi connectivity index (χ0v) is 15.5. The van der Waals surface area contributed by atoms with Crippen LogP contribution >= 0.6 is 0 Å². The SMILES string of the molecule is Cc1cccn2cc(-c3cccc(NS(=O)(=O)c4cc(F)ccc4F)c3)nc12. The van der Waals surface area contributed by atoms with Crippen LogP contribution in [0.15, 0.2) is 71.9 Å². The lowest BCUT2D eigenvalue weighted by Crippen LogP contribution is -2.15. The summed E-state index contributed by atoms with van der Waals surface area (Å²) in [5, 5.41) is 0. The van der Waals surface area contributed by atoms with Crippen LogP contribution in [0.5, 0.6) is 0 Å². The fourth-order valence-corrected chi connectivity index (χ4v) is 4.07. The molecule has 4 rings (SSSR count). The monoisotopic (exact) mass is 399 g/mol. The Bertz CT molecular complexity index is 1300. The van der Waals surface area contributed by atoms with E-state index in [1.807, 2.05) is 35.9 Å². The van der Waals surface area contributed by atoms with Gasteiger partial charge in [-0.05, 0) is 48.9 Å². The van der Waals surface area contributed by atoms with Gasteiger partial charge in [0.25, 0.3) is 10.0 Å². The fraction of sp³-hybridized carbons (Fsp3) is 0.0500.